The SMILES string of the molecule is Cc1cc(C(F)(F)F)nn1CC(=O)C1CC(c2nc(C3=NO[C@@H](COc4c(F)cccc4F)C3)cs2)CCN1. The molecule has 1 N–H and O–H groups in total. The van der Waals surface area contributed by atoms with Gasteiger partial charge in [-0.25, -0.2) is 13.8 Å². The van der Waals surface area contributed by atoms with Gasteiger partial charge in [0.15, 0.2) is 35.0 Å². The number of para-hydroxylation sites is 1. The van der Waals surface area contributed by atoms with Gasteiger partial charge in [0.25, 0.3) is 0 Å². The number of nitrogens with one attached hydrogen (secondary N) is 1. The van der Waals surface area contributed by atoms with Crippen LogP contribution in [-0.2, 0) is 22.4 Å². The van der Waals surface area contributed by atoms with Gasteiger partial charge >= 0.3 is 6.18 Å². The molecule has 1 fully saturated rings. The van der Waals surface area contributed by atoms with Crippen LogP contribution in [0.4, 0.5) is 22.0 Å². The van der Waals surface area contributed by atoms with Gasteiger partial charge in [-0.3, -0.25) is 9.48 Å². The smallest absolute Gasteiger partial charge is 0.435 e. The Morgan fingerprint density at radius 3 is 2.77 bits per heavy atom. The van der Waals surface area contributed by atoms with Crippen LogP contribution in [0, 0.1) is 18.6 Å². The molecule has 4 heterocycles. The Kier molecular flexibility index (Phi) is 7.67. The zero-order valence-corrected chi connectivity index (χ0v) is 21.5. The second-order valence-corrected chi connectivity index (χ2v) is 10.3. The summed E-state index contributed by atoms with van der Waals surface area (Å²) in [5.74, 6) is -2.34. The minimum atomic E-state index is -4.57. The molecule has 2 aromatic heterocycles. The molecule has 2 aliphatic heterocycles. The van der Waals surface area contributed by atoms with E-state index in [1.807, 2.05) is 5.38 Å². The molecule has 3 aromatic rings. The first-order chi connectivity index (χ1) is 18.6. The number of halogens is 5. The van der Waals surface area contributed by atoms with Crippen molar-refractivity contribution in [3.8, 4) is 5.75 Å². The number of nitrogens with zero attached hydrogens (tertiary/aromatic N) is 4. The average Bonchev–Trinajstić information content (AvgIpc) is 3.64. The third-order valence-corrected chi connectivity index (χ3v) is 7.61. The zero-order chi connectivity index (χ0) is 27.7. The minimum Gasteiger partial charge on any atom is -0.484 e. The predicted molar refractivity (Wildman–Crippen MR) is 131 cm³/mol. The molecule has 2 unspecified atom stereocenters. The van der Waals surface area contributed by atoms with E-state index in [4.69, 9.17) is 9.57 Å². The number of ketones is 1. The van der Waals surface area contributed by atoms with Crippen molar-refractivity contribution in [1.82, 2.24) is 20.1 Å². The molecule has 0 saturated carbocycles. The number of piperidine rings is 1. The van der Waals surface area contributed by atoms with Crippen LogP contribution in [0.1, 0.15) is 47.3 Å². The van der Waals surface area contributed by atoms with Gasteiger partial charge in [0.2, 0.25) is 0 Å². The Labute approximate surface area is 223 Å². The van der Waals surface area contributed by atoms with Crippen molar-refractivity contribution < 1.29 is 36.3 Å². The topological polar surface area (TPSA) is 90.6 Å². The first kappa shape index (κ1) is 27.2. The number of carbonyl (C=O) groups excluding carboxylic acids is 1. The van der Waals surface area contributed by atoms with Gasteiger partial charge in [-0.2, -0.15) is 18.3 Å². The van der Waals surface area contributed by atoms with E-state index in [2.05, 4.69) is 20.6 Å². The molecule has 0 radical (unpaired) electrons. The number of benzene rings is 1. The summed E-state index contributed by atoms with van der Waals surface area (Å²) in [7, 11) is 0. The highest BCUT2D eigenvalue weighted by Crippen LogP contribution is 2.32. The fraction of sp³-hybridized carbons (Fsp3) is 0.440. The summed E-state index contributed by atoms with van der Waals surface area (Å²) >= 11 is 1.42. The van der Waals surface area contributed by atoms with Crippen molar-refractivity contribution in [1.29, 1.82) is 0 Å². The molecule has 39 heavy (non-hydrogen) atoms. The summed E-state index contributed by atoms with van der Waals surface area (Å²) in [6.07, 6.45) is -3.58. The monoisotopic (exact) mass is 569 g/mol. The highest BCUT2D eigenvalue weighted by molar-refractivity contribution is 7.10. The molecular formula is C25H24F5N5O3S. The van der Waals surface area contributed by atoms with Crippen LogP contribution in [0.2, 0.25) is 0 Å². The van der Waals surface area contributed by atoms with E-state index >= 15 is 0 Å². The number of rotatable bonds is 8. The van der Waals surface area contributed by atoms with Gasteiger partial charge < -0.3 is 14.9 Å². The number of alkyl halides is 3. The number of Topliss-reactive ketones (excluding diaryl/α,β-unsaturated/α-hetero) is 1. The average molecular weight is 570 g/mol. The van der Waals surface area contributed by atoms with Gasteiger partial charge in [-0.1, -0.05) is 11.2 Å². The molecule has 208 valence electrons. The first-order valence-corrected chi connectivity index (χ1v) is 13.1. The molecule has 3 atom stereocenters. The maximum atomic E-state index is 13.8. The first-order valence-electron chi connectivity index (χ1n) is 12.2. The molecule has 0 aliphatic carbocycles. The predicted octanol–water partition coefficient (Wildman–Crippen LogP) is 4.62. The Bertz CT molecular complexity index is 1370. The van der Waals surface area contributed by atoms with Gasteiger partial charge in [-0.15, -0.1) is 11.3 Å². The maximum Gasteiger partial charge on any atom is 0.435 e. The molecule has 0 spiro atoms. The van der Waals surface area contributed by atoms with Crippen molar-refractivity contribution in [3.05, 3.63) is 63.4 Å². The summed E-state index contributed by atoms with van der Waals surface area (Å²) in [5, 5.41) is 13.4. The van der Waals surface area contributed by atoms with Gasteiger partial charge in [0.05, 0.1) is 16.7 Å². The third-order valence-electron chi connectivity index (χ3n) is 6.60. The Morgan fingerprint density at radius 2 is 2.05 bits per heavy atom. The molecule has 2 aliphatic rings. The summed E-state index contributed by atoms with van der Waals surface area (Å²) in [5.41, 5.74) is 0.429. The van der Waals surface area contributed by atoms with Crippen LogP contribution in [0.3, 0.4) is 0 Å². The van der Waals surface area contributed by atoms with E-state index in [-0.39, 0.29) is 30.5 Å². The summed E-state index contributed by atoms with van der Waals surface area (Å²) in [4.78, 5) is 22.9. The number of oxime groups is 1. The number of hydrogen-bond donors (Lipinski definition) is 1. The number of thiazole rings is 1. The van der Waals surface area contributed by atoms with E-state index in [1.165, 1.54) is 24.3 Å². The lowest BCUT2D eigenvalue weighted by Crippen LogP contribution is -2.44. The van der Waals surface area contributed by atoms with Gasteiger partial charge in [0.1, 0.15) is 18.9 Å². The summed E-state index contributed by atoms with van der Waals surface area (Å²) in [6, 6.07) is 3.84. The normalized spacial score (nSPS) is 21.5. The van der Waals surface area contributed by atoms with Crippen molar-refractivity contribution in [2.75, 3.05) is 13.2 Å². The Balaban J connectivity index is 1.16. The van der Waals surface area contributed by atoms with Crippen molar-refractivity contribution >= 4 is 22.8 Å². The molecule has 0 bridgehead atoms. The van der Waals surface area contributed by atoms with Crippen molar-refractivity contribution in [2.24, 2.45) is 5.16 Å². The van der Waals surface area contributed by atoms with Crippen LogP contribution in [0.25, 0.3) is 0 Å². The Morgan fingerprint density at radius 1 is 1.28 bits per heavy atom. The minimum absolute atomic E-state index is 0.0190. The maximum absolute atomic E-state index is 13.8. The molecule has 5 rings (SSSR count). The highest BCUT2D eigenvalue weighted by atomic mass is 32.1. The molecule has 1 aromatic carbocycles. The molecule has 1 saturated heterocycles. The molecule has 8 nitrogen and oxygen atoms in total. The third kappa shape index (κ3) is 6.11. The molecular weight excluding hydrogens is 545 g/mol. The quantitative estimate of drug-likeness (QED) is 0.398. The van der Waals surface area contributed by atoms with Crippen LogP contribution >= 0.6 is 11.3 Å². The fourth-order valence-corrected chi connectivity index (χ4v) is 5.51. The second-order valence-electron chi connectivity index (χ2n) is 9.42. The van der Waals surface area contributed by atoms with E-state index in [0.717, 1.165) is 34.3 Å². The van der Waals surface area contributed by atoms with Crippen LogP contribution in [-0.4, -0.2) is 51.6 Å². The van der Waals surface area contributed by atoms with E-state index in [0.29, 0.717) is 30.8 Å². The van der Waals surface area contributed by atoms with Gasteiger partial charge in [0, 0.05) is 23.4 Å². The largest absolute Gasteiger partial charge is 0.484 e. The number of ether oxygens (including phenoxy) is 1. The van der Waals surface area contributed by atoms with Crippen LogP contribution in [0.5, 0.6) is 5.75 Å². The lowest BCUT2D eigenvalue weighted by Gasteiger charge is -2.28. The number of carbonyl (C=O) groups is 1. The summed E-state index contributed by atoms with van der Waals surface area (Å²) in [6.45, 7) is 1.68. The number of aryl methyl sites for hydroxylation is 1. The lowest BCUT2D eigenvalue weighted by atomic mass is 9.91. The zero-order valence-electron chi connectivity index (χ0n) is 20.7. The van der Waals surface area contributed by atoms with E-state index < -0.39 is 41.4 Å². The van der Waals surface area contributed by atoms with E-state index in [9.17, 15) is 26.7 Å². The highest BCUT2D eigenvalue weighted by Gasteiger charge is 2.35. The second kappa shape index (κ2) is 11.0. The van der Waals surface area contributed by atoms with Crippen molar-refractivity contribution in [3.63, 3.8) is 0 Å². The fourth-order valence-electron chi connectivity index (χ4n) is 4.53. The number of aromatic nitrogens is 3. The molecule has 14 heteroatoms. The van der Waals surface area contributed by atoms with Crippen LogP contribution in [0.15, 0.2) is 34.8 Å². The van der Waals surface area contributed by atoms with Crippen LogP contribution < -0.4 is 10.1 Å². The van der Waals surface area contributed by atoms with Crippen molar-refractivity contribution in [2.45, 2.75) is 57.0 Å². The molecule has 0 amide bonds. The standard InChI is InChI=1S/C25H24F5N5O3S/c1-13-7-22(25(28,29)30)33-35(13)10-21(36)19-8-14(5-6-31-19)24-32-20(12-39-24)18-9-15(38-34-18)11-37-23-16(26)3-2-4-17(23)27/h2-4,7,12,14-15,19,31H,5-6,8-11H2,1H3/t14?,15-,19?/m1/s1. The van der Waals surface area contributed by atoms with E-state index in [1.54, 1.807) is 0 Å². The lowest BCUT2D eigenvalue weighted by molar-refractivity contribution is -0.141. The number of hydrogen-bond acceptors (Lipinski definition) is 8. The Hall–Kier alpha value is -3.39. The summed E-state index contributed by atoms with van der Waals surface area (Å²) < 4.78 is 72.8. The van der Waals surface area contributed by atoms with Gasteiger partial charge in [-0.05, 0) is 44.5 Å².